The normalized spacial score (nSPS) is 21.4. The molecule has 1 N–H and O–H groups in total. The first kappa shape index (κ1) is 13.9. The lowest BCUT2D eigenvalue weighted by molar-refractivity contribution is -0.200. The van der Waals surface area contributed by atoms with Crippen molar-refractivity contribution in [2.75, 3.05) is 20.7 Å². The highest BCUT2D eigenvalue weighted by Gasteiger charge is 2.35. The number of nitrogens with one attached hydrogen (secondary N) is 1. The van der Waals surface area contributed by atoms with Crippen molar-refractivity contribution in [3.05, 3.63) is 0 Å². The third-order valence-corrected chi connectivity index (χ3v) is 3.76. The van der Waals surface area contributed by atoms with Gasteiger partial charge in [0, 0.05) is 17.6 Å². The maximum absolute atomic E-state index is 5.54. The molecule has 0 spiro atoms. The summed E-state index contributed by atoms with van der Waals surface area (Å²) in [6, 6.07) is 0. The predicted octanol–water partition coefficient (Wildman–Crippen LogP) is 2.57. The molecule has 96 valence electrons. The van der Waals surface area contributed by atoms with E-state index in [1.807, 2.05) is 0 Å². The molecule has 0 radical (unpaired) electrons. The second-order valence-electron chi connectivity index (χ2n) is 5.98. The highest BCUT2D eigenvalue weighted by Crippen LogP contribution is 2.30. The zero-order valence-corrected chi connectivity index (χ0v) is 11.6. The Hall–Kier alpha value is -0.120. The molecule has 1 saturated carbocycles. The van der Waals surface area contributed by atoms with E-state index in [2.05, 4.69) is 38.2 Å². The standard InChI is InChI=1S/C13H28N2O/c1-12(2,3)15(16-5)11-13(14-4)9-7-6-8-10-13/h14H,6-11H2,1-5H3. The molecule has 1 aliphatic carbocycles. The molecule has 0 saturated heterocycles. The second-order valence-corrected chi connectivity index (χ2v) is 5.98. The molecule has 0 heterocycles. The van der Waals surface area contributed by atoms with Crippen LogP contribution in [0.1, 0.15) is 52.9 Å². The van der Waals surface area contributed by atoms with Crippen LogP contribution in [0.5, 0.6) is 0 Å². The molecule has 0 unspecified atom stereocenters. The van der Waals surface area contributed by atoms with E-state index in [9.17, 15) is 0 Å². The number of hydrogen-bond donors (Lipinski definition) is 1. The second kappa shape index (κ2) is 5.48. The van der Waals surface area contributed by atoms with Gasteiger partial charge in [0.15, 0.2) is 0 Å². The summed E-state index contributed by atoms with van der Waals surface area (Å²) in [4.78, 5) is 5.54. The Labute approximate surface area is 100 Å². The van der Waals surface area contributed by atoms with E-state index in [1.54, 1.807) is 7.11 Å². The monoisotopic (exact) mass is 228 g/mol. The Morgan fingerprint density at radius 2 is 1.75 bits per heavy atom. The average Bonchev–Trinajstić information content (AvgIpc) is 2.26. The zero-order chi connectivity index (χ0) is 12.2. The molecule has 0 aliphatic heterocycles. The summed E-state index contributed by atoms with van der Waals surface area (Å²) >= 11 is 0. The highest BCUT2D eigenvalue weighted by atomic mass is 16.7. The van der Waals surface area contributed by atoms with Gasteiger partial charge in [-0.1, -0.05) is 19.3 Å². The van der Waals surface area contributed by atoms with Crippen LogP contribution < -0.4 is 5.32 Å². The van der Waals surface area contributed by atoms with Crippen molar-refractivity contribution in [3.63, 3.8) is 0 Å². The Bertz CT molecular complexity index is 204. The number of hydrogen-bond acceptors (Lipinski definition) is 3. The van der Waals surface area contributed by atoms with Crippen LogP contribution in [0, 0.1) is 0 Å². The van der Waals surface area contributed by atoms with E-state index in [0.717, 1.165) is 6.54 Å². The summed E-state index contributed by atoms with van der Waals surface area (Å²) in [7, 11) is 3.86. The molecule has 16 heavy (non-hydrogen) atoms. The number of likely N-dealkylation sites (N-methyl/N-ethyl adjacent to an activating group) is 1. The van der Waals surface area contributed by atoms with E-state index in [1.165, 1.54) is 32.1 Å². The van der Waals surface area contributed by atoms with E-state index in [-0.39, 0.29) is 11.1 Å². The Morgan fingerprint density at radius 1 is 1.19 bits per heavy atom. The number of hydroxylamine groups is 2. The summed E-state index contributed by atoms with van der Waals surface area (Å²) in [6.07, 6.45) is 6.58. The minimum atomic E-state index is 0.0655. The third-order valence-electron chi connectivity index (χ3n) is 3.76. The van der Waals surface area contributed by atoms with Crippen molar-refractivity contribution in [2.24, 2.45) is 0 Å². The van der Waals surface area contributed by atoms with Gasteiger partial charge < -0.3 is 10.2 Å². The summed E-state index contributed by atoms with van der Waals surface area (Å²) in [5, 5.41) is 5.64. The molecule has 0 atom stereocenters. The zero-order valence-electron chi connectivity index (χ0n) is 11.6. The summed E-state index contributed by atoms with van der Waals surface area (Å²) in [5.74, 6) is 0. The predicted molar refractivity (Wildman–Crippen MR) is 68.3 cm³/mol. The van der Waals surface area contributed by atoms with Crippen molar-refractivity contribution in [1.82, 2.24) is 10.4 Å². The molecule has 1 aliphatic rings. The van der Waals surface area contributed by atoms with E-state index in [0.29, 0.717) is 0 Å². The van der Waals surface area contributed by atoms with Crippen LogP contribution in [0.4, 0.5) is 0 Å². The lowest BCUT2D eigenvalue weighted by atomic mass is 9.81. The SMILES string of the molecule is CNC1(CN(OC)C(C)(C)C)CCCCC1. The average molecular weight is 228 g/mol. The highest BCUT2D eigenvalue weighted by molar-refractivity contribution is 4.93. The van der Waals surface area contributed by atoms with Crippen molar-refractivity contribution >= 4 is 0 Å². The van der Waals surface area contributed by atoms with Crippen LogP contribution in [0.2, 0.25) is 0 Å². The van der Waals surface area contributed by atoms with Crippen LogP contribution >= 0.6 is 0 Å². The maximum atomic E-state index is 5.54. The molecule has 1 fully saturated rings. The van der Waals surface area contributed by atoms with E-state index >= 15 is 0 Å². The molecule has 3 nitrogen and oxygen atoms in total. The van der Waals surface area contributed by atoms with Gasteiger partial charge in [-0.05, 0) is 40.7 Å². The summed E-state index contributed by atoms with van der Waals surface area (Å²) < 4.78 is 0. The smallest absolute Gasteiger partial charge is 0.0575 e. The Morgan fingerprint density at radius 3 is 2.12 bits per heavy atom. The minimum absolute atomic E-state index is 0.0655. The minimum Gasteiger partial charge on any atom is -0.313 e. The van der Waals surface area contributed by atoms with Crippen LogP contribution in [-0.4, -0.2) is 36.8 Å². The van der Waals surface area contributed by atoms with Gasteiger partial charge in [0.25, 0.3) is 0 Å². The molecular weight excluding hydrogens is 200 g/mol. The fourth-order valence-electron chi connectivity index (χ4n) is 2.57. The summed E-state index contributed by atoms with van der Waals surface area (Å²) in [5.41, 5.74) is 0.317. The van der Waals surface area contributed by atoms with Gasteiger partial charge in [0.05, 0.1) is 7.11 Å². The topological polar surface area (TPSA) is 24.5 Å². The molecule has 0 bridgehead atoms. The van der Waals surface area contributed by atoms with Crippen molar-refractivity contribution in [3.8, 4) is 0 Å². The first-order chi connectivity index (χ1) is 7.43. The van der Waals surface area contributed by atoms with Crippen molar-refractivity contribution in [1.29, 1.82) is 0 Å². The lowest BCUT2D eigenvalue weighted by Crippen LogP contribution is -2.56. The fourth-order valence-corrected chi connectivity index (χ4v) is 2.57. The maximum Gasteiger partial charge on any atom is 0.0575 e. The summed E-state index contributed by atoms with van der Waals surface area (Å²) in [6.45, 7) is 7.57. The largest absolute Gasteiger partial charge is 0.313 e. The first-order valence-corrected chi connectivity index (χ1v) is 6.44. The molecule has 0 aromatic heterocycles. The molecule has 0 amide bonds. The van der Waals surface area contributed by atoms with Gasteiger partial charge in [0.2, 0.25) is 0 Å². The molecule has 0 aromatic carbocycles. The van der Waals surface area contributed by atoms with Crippen LogP contribution in [0.15, 0.2) is 0 Å². The quantitative estimate of drug-likeness (QED) is 0.749. The molecule has 1 rings (SSSR count). The lowest BCUT2D eigenvalue weighted by Gasteiger charge is -2.44. The van der Waals surface area contributed by atoms with Gasteiger partial charge in [-0.15, -0.1) is 0 Å². The van der Waals surface area contributed by atoms with Gasteiger partial charge in [-0.25, -0.2) is 0 Å². The third kappa shape index (κ3) is 3.44. The number of rotatable bonds is 4. The van der Waals surface area contributed by atoms with Crippen LogP contribution in [0.25, 0.3) is 0 Å². The number of nitrogens with zero attached hydrogens (tertiary/aromatic N) is 1. The van der Waals surface area contributed by atoms with Gasteiger partial charge in [-0.3, -0.25) is 0 Å². The molecule has 3 heteroatoms. The Balaban J connectivity index is 2.66. The van der Waals surface area contributed by atoms with E-state index < -0.39 is 0 Å². The first-order valence-electron chi connectivity index (χ1n) is 6.44. The van der Waals surface area contributed by atoms with Gasteiger partial charge in [0.1, 0.15) is 0 Å². The van der Waals surface area contributed by atoms with Crippen LogP contribution in [-0.2, 0) is 4.84 Å². The van der Waals surface area contributed by atoms with Crippen molar-refractivity contribution < 1.29 is 4.84 Å². The van der Waals surface area contributed by atoms with Crippen molar-refractivity contribution in [2.45, 2.75) is 64.0 Å². The van der Waals surface area contributed by atoms with Crippen LogP contribution in [0.3, 0.4) is 0 Å². The van der Waals surface area contributed by atoms with Gasteiger partial charge in [-0.2, -0.15) is 5.06 Å². The fraction of sp³-hybridized carbons (Fsp3) is 1.00. The van der Waals surface area contributed by atoms with E-state index in [4.69, 9.17) is 4.84 Å². The molecule has 0 aromatic rings. The Kier molecular flexibility index (Phi) is 4.77. The molecular formula is C13H28N2O. The van der Waals surface area contributed by atoms with Gasteiger partial charge >= 0.3 is 0 Å².